The van der Waals surface area contributed by atoms with E-state index in [4.69, 9.17) is 0 Å². The predicted octanol–water partition coefficient (Wildman–Crippen LogP) is 3.83. The molecule has 0 fully saturated rings. The first kappa shape index (κ1) is 12.1. The molecule has 1 aliphatic carbocycles. The molecule has 0 heterocycles. The van der Waals surface area contributed by atoms with Gasteiger partial charge in [-0.2, -0.15) is 0 Å². The Hall–Kier alpha value is -1.37. The smallest absolute Gasteiger partial charge is 0.120 e. The molecule has 0 amide bonds. The normalized spacial score (nSPS) is 26.9. The van der Waals surface area contributed by atoms with E-state index in [-0.39, 0.29) is 5.41 Å². The summed E-state index contributed by atoms with van der Waals surface area (Å²) in [5.74, 6) is 0.979. The van der Waals surface area contributed by atoms with E-state index in [1.807, 2.05) is 0 Å². The fourth-order valence-corrected chi connectivity index (χ4v) is 3.14. The van der Waals surface area contributed by atoms with Gasteiger partial charge in [-0.05, 0) is 23.0 Å². The maximum absolute atomic E-state index is 11.0. The minimum absolute atomic E-state index is 0.0543. The highest BCUT2D eigenvalue weighted by Gasteiger charge is 2.38. The van der Waals surface area contributed by atoms with Crippen LogP contribution in [0.1, 0.15) is 38.3 Å². The van der Waals surface area contributed by atoms with Crippen molar-refractivity contribution in [2.24, 2.45) is 11.8 Å². The van der Waals surface area contributed by atoms with E-state index in [2.05, 4.69) is 57.2 Å². The van der Waals surface area contributed by atoms with Crippen LogP contribution in [0.5, 0.6) is 0 Å². The Balaban J connectivity index is 2.55. The molecule has 0 spiro atoms. The van der Waals surface area contributed by atoms with Crippen molar-refractivity contribution in [3.05, 3.63) is 41.5 Å². The van der Waals surface area contributed by atoms with Crippen LogP contribution < -0.4 is 0 Å². The van der Waals surface area contributed by atoms with Crippen molar-refractivity contribution < 1.29 is 4.79 Å². The lowest BCUT2D eigenvalue weighted by Crippen LogP contribution is -2.37. The maximum atomic E-state index is 11.0. The summed E-state index contributed by atoms with van der Waals surface area (Å²) in [5, 5.41) is 0. The molecule has 1 heteroatoms. The number of allylic oxidation sites excluding steroid dienone is 1. The van der Waals surface area contributed by atoms with Gasteiger partial charge in [0.05, 0.1) is 0 Å². The number of carbonyl (C=O) groups excluding carboxylic acids is 1. The van der Waals surface area contributed by atoms with Gasteiger partial charge in [-0.1, -0.05) is 57.2 Å². The zero-order valence-electron chi connectivity index (χ0n) is 10.8. The van der Waals surface area contributed by atoms with Crippen LogP contribution in [0.25, 0.3) is 6.08 Å². The van der Waals surface area contributed by atoms with Crippen LogP contribution in [-0.4, -0.2) is 6.29 Å². The second-order valence-electron chi connectivity index (χ2n) is 5.50. The van der Waals surface area contributed by atoms with Crippen molar-refractivity contribution in [3.8, 4) is 0 Å². The third-order valence-electron chi connectivity index (χ3n) is 4.02. The average molecular weight is 228 g/mol. The van der Waals surface area contributed by atoms with Crippen molar-refractivity contribution in [1.29, 1.82) is 0 Å². The molecule has 0 saturated carbocycles. The molecule has 0 aliphatic heterocycles. The van der Waals surface area contributed by atoms with E-state index >= 15 is 0 Å². The number of benzene rings is 1. The van der Waals surface area contributed by atoms with Gasteiger partial charge in [0.15, 0.2) is 0 Å². The molecule has 1 aromatic carbocycles. The Bertz CT molecular complexity index is 445. The Morgan fingerprint density at radius 2 is 2.06 bits per heavy atom. The van der Waals surface area contributed by atoms with Crippen LogP contribution in [0.3, 0.4) is 0 Å². The monoisotopic (exact) mass is 228 g/mol. The number of rotatable bonds is 3. The number of fused-ring (bicyclic) bond motifs is 1. The number of hydrogen-bond acceptors (Lipinski definition) is 1. The van der Waals surface area contributed by atoms with E-state index in [0.29, 0.717) is 18.3 Å². The van der Waals surface area contributed by atoms with E-state index in [1.54, 1.807) is 0 Å². The van der Waals surface area contributed by atoms with Gasteiger partial charge in [-0.3, -0.25) is 0 Å². The lowest BCUT2D eigenvalue weighted by molar-refractivity contribution is -0.109. The summed E-state index contributed by atoms with van der Waals surface area (Å²) in [6.45, 7) is 6.67. The molecule has 0 radical (unpaired) electrons. The van der Waals surface area contributed by atoms with Crippen molar-refractivity contribution in [2.45, 2.75) is 32.6 Å². The highest BCUT2D eigenvalue weighted by Crippen LogP contribution is 2.44. The summed E-state index contributed by atoms with van der Waals surface area (Å²) < 4.78 is 0. The Morgan fingerprint density at radius 3 is 2.71 bits per heavy atom. The first-order chi connectivity index (χ1) is 8.09. The minimum Gasteiger partial charge on any atom is -0.303 e. The first-order valence-corrected chi connectivity index (χ1v) is 6.31. The second kappa shape index (κ2) is 4.48. The van der Waals surface area contributed by atoms with Crippen LogP contribution in [-0.2, 0) is 10.2 Å². The van der Waals surface area contributed by atoms with Gasteiger partial charge in [-0.15, -0.1) is 0 Å². The highest BCUT2D eigenvalue weighted by atomic mass is 16.1. The van der Waals surface area contributed by atoms with Crippen molar-refractivity contribution in [2.75, 3.05) is 0 Å². The van der Waals surface area contributed by atoms with E-state index in [0.717, 1.165) is 6.29 Å². The molecule has 17 heavy (non-hydrogen) atoms. The molecular weight excluding hydrogens is 208 g/mol. The third-order valence-corrected chi connectivity index (χ3v) is 4.02. The molecule has 2 atom stereocenters. The molecule has 0 aromatic heterocycles. The Morgan fingerprint density at radius 1 is 1.35 bits per heavy atom. The second-order valence-corrected chi connectivity index (χ2v) is 5.50. The topological polar surface area (TPSA) is 17.1 Å². The molecule has 90 valence electrons. The largest absolute Gasteiger partial charge is 0.303 e. The molecular formula is C16H20O. The Labute approximate surface area is 104 Å². The van der Waals surface area contributed by atoms with E-state index < -0.39 is 0 Å². The van der Waals surface area contributed by atoms with Gasteiger partial charge < -0.3 is 4.79 Å². The lowest BCUT2D eigenvalue weighted by atomic mass is 9.62. The van der Waals surface area contributed by atoms with Crippen LogP contribution in [0.15, 0.2) is 30.3 Å². The number of hydrogen-bond donors (Lipinski definition) is 0. The van der Waals surface area contributed by atoms with Gasteiger partial charge >= 0.3 is 0 Å². The molecule has 0 N–H and O–H groups in total. The summed E-state index contributed by atoms with van der Waals surface area (Å²) in [4.78, 5) is 11.0. The van der Waals surface area contributed by atoms with Crippen LogP contribution in [0.2, 0.25) is 0 Å². The van der Waals surface area contributed by atoms with Gasteiger partial charge in [0.1, 0.15) is 6.29 Å². The van der Waals surface area contributed by atoms with Crippen LogP contribution >= 0.6 is 0 Å². The predicted molar refractivity (Wildman–Crippen MR) is 71.8 cm³/mol. The van der Waals surface area contributed by atoms with Crippen LogP contribution in [0.4, 0.5) is 0 Å². The van der Waals surface area contributed by atoms with Gasteiger partial charge in [0, 0.05) is 11.8 Å². The van der Waals surface area contributed by atoms with Crippen molar-refractivity contribution in [3.63, 3.8) is 0 Å². The maximum Gasteiger partial charge on any atom is 0.120 e. The lowest BCUT2D eigenvalue weighted by Gasteiger charge is -2.41. The molecule has 1 aliphatic rings. The van der Waals surface area contributed by atoms with Gasteiger partial charge in [0.2, 0.25) is 0 Å². The van der Waals surface area contributed by atoms with E-state index in [1.165, 1.54) is 11.1 Å². The van der Waals surface area contributed by atoms with Crippen molar-refractivity contribution >= 4 is 12.4 Å². The zero-order chi connectivity index (χ0) is 12.5. The SMILES string of the molecule is CC(C)[C@H]1C=Cc2ccccc2[C@@]1(C)CC=O. The quantitative estimate of drug-likeness (QED) is 0.718. The minimum atomic E-state index is -0.0543. The molecule has 0 unspecified atom stereocenters. The fourth-order valence-electron chi connectivity index (χ4n) is 3.14. The number of aldehydes is 1. The summed E-state index contributed by atoms with van der Waals surface area (Å²) in [6.07, 6.45) is 6.13. The summed E-state index contributed by atoms with van der Waals surface area (Å²) >= 11 is 0. The summed E-state index contributed by atoms with van der Waals surface area (Å²) in [7, 11) is 0. The van der Waals surface area contributed by atoms with E-state index in [9.17, 15) is 4.79 Å². The van der Waals surface area contributed by atoms with Gasteiger partial charge in [-0.25, -0.2) is 0 Å². The molecule has 1 nitrogen and oxygen atoms in total. The fraction of sp³-hybridized carbons (Fsp3) is 0.438. The van der Waals surface area contributed by atoms with Crippen LogP contribution in [0, 0.1) is 11.8 Å². The average Bonchev–Trinajstić information content (AvgIpc) is 2.29. The van der Waals surface area contributed by atoms with Gasteiger partial charge in [0.25, 0.3) is 0 Å². The number of carbonyl (C=O) groups is 1. The summed E-state index contributed by atoms with van der Waals surface area (Å²) in [6, 6.07) is 8.42. The molecule has 0 bridgehead atoms. The third kappa shape index (κ3) is 1.95. The molecule has 0 saturated heterocycles. The molecule has 1 aromatic rings. The zero-order valence-corrected chi connectivity index (χ0v) is 10.8. The first-order valence-electron chi connectivity index (χ1n) is 6.31. The van der Waals surface area contributed by atoms with Crippen molar-refractivity contribution in [1.82, 2.24) is 0 Å². The molecule has 2 rings (SSSR count). The Kier molecular flexibility index (Phi) is 3.19. The summed E-state index contributed by atoms with van der Waals surface area (Å²) in [5.41, 5.74) is 2.52. The standard InChI is InChI=1S/C16H20O/c1-12(2)14-9-8-13-6-4-5-7-15(13)16(14,3)10-11-17/h4-9,11-12,14H,10H2,1-3H3/t14-,16+/m1/s1. The highest BCUT2D eigenvalue weighted by molar-refractivity contribution is 5.63.